The number of aryl methyl sites for hydroxylation is 1. The molecule has 2 aromatic carbocycles. The molecule has 0 saturated carbocycles. The molecule has 0 spiro atoms. The van der Waals surface area contributed by atoms with Gasteiger partial charge >= 0.3 is 0 Å². The van der Waals surface area contributed by atoms with Gasteiger partial charge in [0.05, 0.1) is 24.5 Å². The average molecular weight is 364 g/mol. The van der Waals surface area contributed by atoms with Crippen LogP contribution in [0, 0.1) is 0 Å². The van der Waals surface area contributed by atoms with Gasteiger partial charge in [0.2, 0.25) is 5.91 Å². The average Bonchev–Trinajstić information content (AvgIpc) is 3.15. The molecular weight excluding hydrogens is 340 g/mol. The van der Waals surface area contributed by atoms with Gasteiger partial charge in [-0.05, 0) is 24.3 Å². The largest absolute Gasteiger partial charge is 0.497 e. The first-order chi connectivity index (χ1) is 13.2. The first kappa shape index (κ1) is 17.4. The summed E-state index contributed by atoms with van der Waals surface area (Å²) in [6.45, 7) is 3.84. The molecule has 1 aromatic heterocycles. The normalized spacial score (nSPS) is 14.6. The number of aromatic nitrogens is 2. The van der Waals surface area contributed by atoms with Crippen LogP contribution in [0.4, 0.5) is 5.69 Å². The standard InChI is InChI=1S/C21H24N4O2/c1-27-18-6-4-5-17(15-18)23-11-13-24(14-12-23)21(26)9-10-25-16-22-19-7-2-3-8-20(19)25/h2-8,15-16H,9-14H2,1H3. The summed E-state index contributed by atoms with van der Waals surface area (Å²) in [7, 11) is 1.68. The summed E-state index contributed by atoms with van der Waals surface area (Å²) in [5.74, 6) is 1.07. The second-order valence-corrected chi connectivity index (χ2v) is 6.75. The molecule has 0 radical (unpaired) electrons. The van der Waals surface area contributed by atoms with Crippen molar-refractivity contribution in [3.05, 3.63) is 54.9 Å². The van der Waals surface area contributed by atoms with Crippen molar-refractivity contribution in [2.24, 2.45) is 0 Å². The quantitative estimate of drug-likeness (QED) is 0.699. The number of nitrogens with zero attached hydrogens (tertiary/aromatic N) is 4. The number of piperazine rings is 1. The van der Waals surface area contributed by atoms with E-state index in [-0.39, 0.29) is 5.91 Å². The highest BCUT2D eigenvalue weighted by Crippen LogP contribution is 2.22. The van der Waals surface area contributed by atoms with E-state index in [1.165, 1.54) is 0 Å². The minimum Gasteiger partial charge on any atom is -0.497 e. The Bertz CT molecular complexity index is 929. The number of benzene rings is 2. The van der Waals surface area contributed by atoms with Crippen molar-refractivity contribution in [3.8, 4) is 5.75 Å². The number of carbonyl (C=O) groups is 1. The van der Waals surface area contributed by atoms with Crippen LogP contribution in [0.15, 0.2) is 54.9 Å². The number of hydrogen-bond acceptors (Lipinski definition) is 4. The number of imidazole rings is 1. The zero-order valence-electron chi connectivity index (χ0n) is 15.5. The molecule has 0 atom stereocenters. The van der Waals surface area contributed by atoms with Crippen molar-refractivity contribution in [2.45, 2.75) is 13.0 Å². The number of ether oxygens (including phenoxy) is 1. The molecule has 6 heteroatoms. The molecule has 27 heavy (non-hydrogen) atoms. The van der Waals surface area contributed by atoms with Gasteiger partial charge in [-0.25, -0.2) is 4.98 Å². The summed E-state index contributed by atoms with van der Waals surface area (Å²) < 4.78 is 7.36. The summed E-state index contributed by atoms with van der Waals surface area (Å²) >= 11 is 0. The van der Waals surface area contributed by atoms with E-state index in [0.29, 0.717) is 13.0 Å². The van der Waals surface area contributed by atoms with Crippen molar-refractivity contribution < 1.29 is 9.53 Å². The van der Waals surface area contributed by atoms with Crippen LogP contribution >= 0.6 is 0 Å². The Kier molecular flexibility index (Phi) is 4.96. The number of methoxy groups -OCH3 is 1. The van der Waals surface area contributed by atoms with Gasteiger partial charge < -0.3 is 19.1 Å². The lowest BCUT2D eigenvalue weighted by Crippen LogP contribution is -2.48. The maximum absolute atomic E-state index is 12.6. The lowest BCUT2D eigenvalue weighted by Gasteiger charge is -2.36. The Hall–Kier alpha value is -3.02. The Morgan fingerprint density at radius 1 is 1.07 bits per heavy atom. The highest BCUT2D eigenvalue weighted by molar-refractivity contribution is 5.78. The molecule has 6 nitrogen and oxygen atoms in total. The number of hydrogen-bond donors (Lipinski definition) is 0. The maximum atomic E-state index is 12.6. The van der Waals surface area contributed by atoms with E-state index < -0.39 is 0 Å². The molecule has 0 aliphatic carbocycles. The molecule has 1 aliphatic heterocycles. The van der Waals surface area contributed by atoms with Gasteiger partial charge in [-0.15, -0.1) is 0 Å². The highest BCUT2D eigenvalue weighted by Gasteiger charge is 2.21. The fraction of sp³-hybridized carbons (Fsp3) is 0.333. The molecule has 1 aliphatic rings. The van der Waals surface area contributed by atoms with Crippen molar-refractivity contribution >= 4 is 22.6 Å². The zero-order valence-corrected chi connectivity index (χ0v) is 15.5. The van der Waals surface area contributed by atoms with Gasteiger partial charge in [0.25, 0.3) is 0 Å². The maximum Gasteiger partial charge on any atom is 0.224 e. The molecule has 140 valence electrons. The summed E-state index contributed by atoms with van der Waals surface area (Å²) in [5.41, 5.74) is 3.19. The van der Waals surface area contributed by atoms with Crippen LogP contribution in [0.25, 0.3) is 11.0 Å². The third kappa shape index (κ3) is 3.74. The minimum absolute atomic E-state index is 0.207. The third-order valence-corrected chi connectivity index (χ3v) is 5.14. The Labute approximate surface area is 159 Å². The topological polar surface area (TPSA) is 50.6 Å². The number of para-hydroxylation sites is 2. The van der Waals surface area contributed by atoms with Crippen LogP contribution in [-0.4, -0.2) is 53.6 Å². The first-order valence-corrected chi connectivity index (χ1v) is 9.31. The Morgan fingerprint density at radius 2 is 1.89 bits per heavy atom. The zero-order chi connectivity index (χ0) is 18.6. The van der Waals surface area contributed by atoms with E-state index in [0.717, 1.165) is 48.6 Å². The van der Waals surface area contributed by atoms with E-state index in [4.69, 9.17) is 4.74 Å². The molecular formula is C21H24N4O2. The molecule has 2 heterocycles. The summed E-state index contributed by atoms with van der Waals surface area (Å²) in [6.07, 6.45) is 2.32. The predicted molar refractivity (Wildman–Crippen MR) is 106 cm³/mol. The van der Waals surface area contributed by atoms with E-state index in [1.807, 2.05) is 53.7 Å². The van der Waals surface area contributed by atoms with Gasteiger partial charge in [-0.3, -0.25) is 4.79 Å². The van der Waals surface area contributed by atoms with E-state index in [2.05, 4.69) is 20.5 Å². The fourth-order valence-corrected chi connectivity index (χ4v) is 3.58. The van der Waals surface area contributed by atoms with Crippen LogP contribution in [-0.2, 0) is 11.3 Å². The van der Waals surface area contributed by atoms with Crippen molar-refractivity contribution in [1.82, 2.24) is 14.5 Å². The van der Waals surface area contributed by atoms with Crippen LogP contribution in [0.5, 0.6) is 5.75 Å². The Balaban J connectivity index is 1.32. The SMILES string of the molecule is COc1cccc(N2CCN(C(=O)CCn3cnc4ccccc43)CC2)c1. The number of rotatable bonds is 5. The summed E-state index contributed by atoms with van der Waals surface area (Å²) in [5, 5.41) is 0. The Morgan fingerprint density at radius 3 is 2.70 bits per heavy atom. The van der Waals surface area contributed by atoms with Gasteiger partial charge in [0.15, 0.2) is 0 Å². The van der Waals surface area contributed by atoms with Crippen LogP contribution < -0.4 is 9.64 Å². The fourth-order valence-electron chi connectivity index (χ4n) is 3.58. The van der Waals surface area contributed by atoms with Crippen LogP contribution in [0.2, 0.25) is 0 Å². The number of anilines is 1. The molecule has 0 bridgehead atoms. The van der Waals surface area contributed by atoms with Gasteiger partial charge in [0, 0.05) is 50.9 Å². The van der Waals surface area contributed by atoms with E-state index in [9.17, 15) is 4.79 Å². The number of fused-ring (bicyclic) bond motifs is 1. The molecule has 0 N–H and O–H groups in total. The van der Waals surface area contributed by atoms with Gasteiger partial charge in [0.1, 0.15) is 5.75 Å². The molecule has 1 amide bonds. The van der Waals surface area contributed by atoms with Crippen molar-refractivity contribution in [1.29, 1.82) is 0 Å². The van der Waals surface area contributed by atoms with E-state index >= 15 is 0 Å². The van der Waals surface area contributed by atoms with Crippen LogP contribution in [0.3, 0.4) is 0 Å². The lowest BCUT2D eigenvalue weighted by atomic mass is 10.2. The second kappa shape index (κ2) is 7.70. The molecule has 3 aromatic rings. The van der Waals surface area contributed by atoms with Gasteiger partial charge in [-0.2, -0.15) is 0 Å². The number of amides is 1. The third-order valence-electron chi connectivity index (χ3n) is 5.14. The van der Waals surface area contributed by atoms with Crippen LogP contribution in [0.1, 0.15) is 6.42 Å². The first-order valence-electron chi connectivity index (χ1n) is 9.31. The summed E-state index contributed by atoms with van der Waals surface area (Å²) in [4.78, 5) is 21.3. The van der Waals surface area contributed by atoms with Crippen molar-refractivity contribution in [2.75, 3.05) is 38.2 Å². The molecule has 4 rings (SSSR count). The van der Waals surface area contributed by atoms with E-state index in [1.54, 1.807) is 7.11 Å². The second-order valence-electron chi connectivity index (χ2n) is 6.75. The van der Waals surface area contributed by atoms with Gasteiger partial charge in [-0.1, -0.05) is 18.2 Å². The molecule has 1 fully saturated rings. The lowest BCUT2D eigenvalue weighted by molar-refractivity contribution is -0.131. The molecule has 1 saturated heterocycles. The minimum atomic E-state index is 0.207. The monoisotopic (exact) mass is 364 g/mol. The number of carbonyl (C=O) groups excluding carboxylic acids is 1. The smallest absolute Gasteiger partial charge is 0.224 e. The predicted octanol–water partition coefficient (Wildman–Crippen LogP) is 2.78. The summed E-state index contributed by atoms with van der Waals surface area (Å²) in [6, 6.07) is 16.1. The molecule has 0 unspecified atom stereocenters. The van der Waals surface area contributed by atoms with Crippen molar-refractivity contribution in [3.63, 3.8) is 0 Å². The highest BCUT2D eigenvalue weighted by atomic mass is 16.5.